The monoisotopic (exact) mass is 270 g/mol. The van der Waals surface area contributed by atoms with Gasteiger partial charge in [0.05, 0.1) is 19.6 Å². The molecule has 7 heteroatoms. The summed E-state index contributed by atoms with van der Waals surface area (Å²) in [6.45, 7) is 2.84. The van der Waals surface area contributed by atoms with Crippen molar-refractivity contribution < 1.29 is 23.9 Å². The molecule has 0 aromatic rings. The van der Waals surface area contributed by atoms with Gasteiger partial charge in [0.1, 0.15) is 6.61 Å². The number of hydrogen-bond acceptors (Lipinski definition) is 5. The number of carbonyl (C=O) groups excluding carboxylic acids is 3. The van der Waals surface area contributed by atoms with Crippen molar-refractivity contribution in [2.24, 2.45) is 5.92 Å². The first-order chi connectivity index (χ1) is 9.06. The Labute approximate surface area is 111 Å². The average molecular weight is 270 g/mol. The molecule has 7 nitrogen and oxygen atoms in total. The van der Waals surface area contributed by atoms with Crippen molar-refractivity contribution >= 4 is 18.1 Å². The molecule has 3 amide bonds. The van der Waals surface area contributed by atoms with Crippen LogP contribution in [0.1, 0.15) is 19.8 Å². The zero-order valence-electron chi connectivity index (χ0n) is 11.1. The number of carbonyl (C=O) groups is 3. The summed E-state index contributed by atoms with van der Waals surface area (Å²) >= 11 is 0. The van der Waals surface area contributed by atoms with Gasteiger partial charge in [-0.3, -0.25) is 4.79 Å². The SMILES string of the molecule is COC(=O)N1CCC[C@H]1[C@H](C)C(=O)N1CCOC1=O. The number of rotatable bonds is 2. The van der Waals surface area contributed by atoms with E-state index >= 15 is 0 Å². The van der Waals surface area contributed by atoms with Crippen LogP contribution < -0.4 is 0 Å². The first kappa shape index (κ1) is 13.6. The molecule has 2 aliphatic heterocycles. The maximum absolute atomic E-state index is 12.2. The molecule has 0 N–H and O–H groups in total. The molecule has 0 aliphatic carbocycles. The van der Waals surface area contributed by atoms with Gasteiger partial charge in [-0.25, -0.2) is 14.5 Å². The lowest BCUT2D eigenvalue weighted by Gasteiger charge is -2.29. The van der Waals surface area contributed by atoms with Crippen molar-refractivity contribution in [3.8, 4) is 0 Å². The minimum atomic E-state index is -0.598. The predicted molar refractivity (Wildman–Crippen MR) is 64.4 cm³/mol. The fraction of sp³-hybridized carbons (Fsp3) is 0.750. The van der Waals surface area contributed by atoms with Crippen molar-refractivity contribution in [2.75, 3.05) is 26.8 Å². The predicted octanol–water partition coefficient (Wildman–Crippen LogP) is 0.832. The Morgan fingerprint density at radius 1 is 1.42 bits per heavy atom. The topological polar surface area (TPSA) is 76.2 Å². The van der Waals surface area contributed by atoms with E-state index in [2.05, 4.69) is 0 Å². The summed E-state index contributed by atoms with van der Waals surface area (Å²) in [4.78, 5) is 37.9. The lowest BCUT2D eigenvalue weighted by atomic mass is 9.98. The van der Waals surface area contributed by atoms with Crippen LogP contribution in [0.3, 0.4) is 0 Å². The van der Waals surface area contributed by atoms with E-state index in [1.54, 1.807) is 11.8 Å². The van der Waals surface area contributed by atoms with Crippen LogP contribution in [0, 0.1) is 5.92 Å². The molecule has 0 radical (unpaired) electrons. The molecule has 0 unspecified atom stereocenters. The minimum Gasteiger partial charge on any atom is -0.453 e. The largest absolute Gasteiger partial charge is 0.453 e. The van der Waals surface area contributed by atoms with Crippen LogP contribution in [-0.2, 0) is 14.3 Å². The fourth-order valence-electron chi connectivity index (χ4n) is 2.66. The van der Waals surface area contributed by atoms with E-state index in [-0.39, 0.29) is 25.1 Å². The van der Waals surface area contributed by atoms with Crippen LogP contribution in [0.4, 0.5) is 9.59 Å². The Morgan fingerprint density at radius 3 is 2.74 bits per heavy atom. The Morgan fingerprint density at radius 2 is 2.16 bits per heavy atom. The van der Waals surface area contributed by atoms with Gasteiger partial charge in [0.2, 0.25) is 5.91 Å². The second-order valence-electron chi connectivity index (χ2n) is 4.77. The Hall–Kier alpha value is -1.79. The number of methoxy groups -OCH3 is 1. The quantitative estimate of drug-likeness (QED) is 0.743. The number of cyclic esters (lactones) is 1. The molecule has 2 heterocycles. The van der Waals surface area contributed by atoms with Gasteiger partial charge in [0.25, 0.3) is 0 Å². The molecule has 0 aromatic heterocycles. The van der Waals surface area contributed by atoms with Gasteiger partial charge in [-0.2, -0.15) is 0 Å². The fourth-order valence-corrected chi connectivity index (χ4v) is 2.66. The number of nitrogens with zero attached hydrogens (tertiary/aromatic N) is 2. The van der Waals surface area contributed by atoms with Gasteiger partial charge in [-0.15, -0.1) is 0 Å². The summed E-state index contributed by atoms with van der Waals surface area (Å²) in [5.41, 5.74) is 0. The van der Waals surface area contributed by atoms with Gasteiger partial charge in [0, 0.05) is 12.6 Å². The summed E-state index contributed by atoms with van der Waals surface area (Å²) in [5, 5.41) is 0. The highest BCUT2D eigenvalue weighted by molar-refractivity contribution is 5.94. The van der Waals surface area contributed by atoms with Crippen LogP contribution in [0.5, 0.6) is 0 Å². The lowest BCUT2D eigenvalue weighted by molar-refractivity contribution is -0.133. The van der Waals surface area contributed by atoms with E-state index in [1.807, 2.05) is 0 Å². The normalized spacial score (nSPS) is 24.3. The third kappa shape index (κ3) is 2.50. The van der Waals surface area contributed by atoms with Gasteiger partial charge in [-0.1, -0.05) is 6.92 Å². The molecular weight excluding hydrogens is 252 g/mol. The van der Waals surface area contributed by atoms with E-state index < -0.39 is 18.1 Å². The smallest absolute Gasteiger partial charge is 0.416 e. The summed E-state index contributed by atoms with van der Waals surface area (Å²) in [7, 11) is 1.32. The average Bonchev–Trinajstić information content (AvgIpc) is 3.04. The molecule has 2 aliphatic rings. The first-order valence-corrected chi connectivity index (χ1v) is 6.39. The van der Waals surface area contributed by atoms with Gasteiger partial charge in [-0.05, 0) is 12.8 Å². The highest BCUT2D eigenvalue weighted by Gasteiger charge is 2.40. The molecule has 2 atom stereocenters. The zero-order valence-corrected chi connectivity index (χ0v) is 11.1. The van der Waals surface area contributed by atoms with Crippen molar-refractivity contribution in [2.45, 2.75) is 25.8 Å². The van der Waals surface area contributed by atoms with Crippen LogP contribution in [-0.4, -0.2) is 60.7 Å². The van der Waals surface area contributed by atoms with Crippen molar-refractivity contribution in [1.82, 2.24) is 9.80 Å². The number of ether oxygens (including phenoxy) is 2. The van der Waals surface area contributed by atoms with Crippen LogP contribution in [0.15, 0.2) is 0 Å². The second kappa shape index (κ2) is 5.46. The van der Waals surface area contributed by atoms with Crippen LogP contribution in [0.25, 0.3) is 0 Å². The molecule has 2 saturated heterocycles. The Balaban J connectivity index is 2.05. The molecule has 2 rings (SSSR count). The third-order valence-electron chi connectivity index (χ3n) is 3.70. The summed E-state index contributed by atoms with van der Waals surface area (Å²) in [6.07, 6.45) is 0.554. The minimum absolute atomic E-state index is 0.214. The van der Waals surface area contributed by atoms with Crippen molar-refractivity contribution in [1.29, 1.82) is 0 Å². The lowest BCUT2D eigenvalue weighted by Crippen LogP contribution is -2.46. The van der Waals surface area contributed by atoms with E-state index in [0.29, 0.717) is 6.54 Å². The number of amides is 3. The summed E-state index contributed by atoms with van der Waals surface area (Å²) < 4.78 is 9.47. The molecule has 0 spiro atoms. The van der Waals surface area contributed by atoms with Crippen molar-refractivity contribution in [3.63, 3.8) is 0 Å². The molecule has 2 fully saturated rings. The summed E-state index contributed by atoms with van der Waals surface area (Å²) in [5.74, 6) is -0.726. The molecular formula is C12H18N2O5. The highest BCUT2D eigenvalue weighted by Crippen LogP contribution is 2.26. The molecule has 0 bridgehead atoms. The third-order valence-corrected chi connectivity index (χ3v) is 3.70. The van der Waals surface area contributed by atoms with E-state index in [0.717, 1.165) is 17.7 Å². The van der Waals surface area contributed by atoms with Gasteiger partial charge < -0.3 is 14.4 Å². The second-order valence-corrected chi connectivity index (χ2v) is 4.77. The summed E-state index contributed by atoms with van der Waals surface area (Å²) in [6, 6.07) is -0.214. The standard InChI is InChI=1S/C12H18N2O5/c1-8(10(15)14-6-7-19-12(14)17)9-4-3-5-13(9)11(16)18-2/h8-9H,3-7H2,1-2H3/t8-,9-/m0/s1. The maximum Gasteiger partial charge on any atom is 0.416 e. The van der Waals surface area contributed by atoms with E-state index in [1.165, 1.54) is 7.11 Å². The molecule has 0 saturated carbocycles. The number of imide groups is 1. The molecule has 106 valence electrons. The van der Waals surface area contributed by atoms with E-state index in [4.69, 9.17) is 9.47 Å². The van der Waals surface area contributed by atoms with Crippen molar-refractivity contribution in [3.05, 3.63) is 0 Å². The molecule has 0 aromatic carbocycles. The highest BCUT2D eigenvalue weighted by atomic mass is 16.6. The zero-order chi connectivity index (χ0) is 14.0. The van der Waals surface area contributed by atoms with Gasteiger partial charge in [0.15, 0.2) is 0 Å². The number of likely N-dealkylation sites (tertiary alicyclic amines) is 1. The van der Waals surface area contributed by atoms with E-state index in [9.17, 15) is 14.4 Å². The first-order valence-electron chi connectivity index (χ1n) is 6.39. The van der Waals surface area contributed by atoms with Crippen LogP contribution in [0.2, 0.25) is 0 Å². The van der Waals surface area contributed by atoms with Crippen LogP contribution >= 0.6 is 0 Å². The number of hydrogen-bond donors (Lipinski definition) is 0. The van der Waals surface area contributed by atoms with Gasteiger partial charge >= 0.3 is 12.2 Å². The Bertz CT molecular complexity index is 398. The molecule has 19 heavy (non-hydrogen) atoms. The Kier molecular flexibility index (Phi) is 3.92. The maximum atomic E-state index is 12.2.